The number of ether oxygens (including phenoxy) is 2. The van der Waals surface area contributed by atoms with Crippen LogP contribution < -0.4 is 19.7 Å². The Morgan fingerprint density at radius 2 is 1.58 bits per heavy atom. The fourth-order valence-electron chi connectivity index (χ4n) is 7.63. The number of benzene rings is 4. The molecule has 1 N–H and O–H groups in total. The molecule has 0 unspecified atom stereocenters. The molecule has 2 heterocycles. The summed E-state index contributed by atoms with van der Waals surface area (Å²) in [6.45, 7) is 7.19. The van der Waals surface area contributed by atoms with Gasteiger partial charge in [0.15, 0.2) is 5.60 Å². The molecule has 2 aliphatic rings. The van der Waals surface area contributed by atoms with Crippen molar-refractivity contribution in [3.63, 3.8) is 0 Å². The smallest absolute Gasteiger partial charge is 0.264 e. The summed E-state index contributed by atoms with van der Waals surface area (Å²) >= 11 is 0. The molecule has 0 radical (unpaired) electrons. The van der Waals surface area contributed by atoms with Gasteiger partial charge >= 0.3 is 0 Å². The number of hydrogen-bond acceptors (Lipinski definition) is 5. The molecule has 0 aliphatic carbocycles. The van der Waals surface area contributed by atoms with Gasteiger partial charge in [-0.05, 0) is 60.0 Å². The minimum atomic E-state index is -2.23. The molecule has 2 aliphatic heterocycles. The van der Waals surface area contributed by atoms with Crippen molar-refractivity contribution in [3.8, 4) is 5.75 Å². The number of carbonyl (C=O) groups excluding carboxylic acids is 2. The Morgan fingerprint density at radius 1 is 0.933 bits per heavy atom. The molecule has 7 nitrogen and oxygen atoms in total. The Kier molecular flexibility index (Phi) is 8.39. The minimum absolute atomic E-state index is 0.0102. The number of methoxy groups -OCH3 is 1. The van der Waals surface area contributed by atoms with Crippen LogP contribution in [0.2, 0.25) is 18.6 Å². The van der Waals surface area contributed by atoms with Crippen molar-refractivity contribution in [1.82, 2.24) is 0 Å². The second-order valence-corrected chi connectivity index (χ2v) is 17.2. The van der Waals surface area contributed by atoms with Crippen LogP contribution in [0.5, 0.6) is 5.75 Å². The van der Waals surface area contributed by atoms with Gasteiger partial charge in [0.1, 0.15) is 5.75 Å². The molecule has 1 spiro atoms. The summed E-state index contributed by atoms with van der Waals surface area (Å²) in [5, 5.41) is 11.4. The van der Waals surface area contributed by atoms with E-state index in [1.54, 1.807) is 12.0 Å². The van der Waals surface area contributed by atoms with Crippen molar-refractivity contribution in [2.45, 2.75) is 50.2 Å². The third-order valence-corrected chi connectivity index (χ3v) is 14.2. The van der Waals surface area contributed by atoms with E-state index < -0.39 is 13.7 Å². The largest absolute Gasteiger partial charge is 0.497 e. The summed E-state index contributed by atoms with van der Waals surface area (Å²) in [5.41, 5.74) is 3.16. The van der Waals surface area contributed by atoms with Crippen LogP contribution in [-0.2, 0) is 26.5 Å². The third-order valence-electron chi connectivity index (χ3n) is 9.85. The molecule has 8 heteroatoms. The maximum Gasteiger partial charge on any atom is 0.264 e. The van der Waals surface area contributed by atoms with Gasteiger partial charge in [-0.1, -0.05) is 85.9 Å². The van der Waals surface area contributed by atoms with Gasteiger partial charge in [0.25, 0.3) is 5.91 Å². The quantitative estimate of drug-likeness (QED) is 0.170. The van der Waals surface area contributed by atoms with Crippen LogP contribution in [0, 0.1) is 5.92 Å². The van der Waals surface area contributed by atoms with E-state index in [2.05, 4.69) is 32.2 Å². The first-order valence-corrected chi connectivity index (χ1v) is 18.6. The number of carbonyl (C=O) groups is 2. The number of nitrogens with zero attached hydrogens (tertiary/aromatic N) is 2. The highest BCUT2D eigenvalue weighted by Gasteiger charge is 2.66. The van der Waals surface area contributed by atoms with Gasteiger partial charge < -0.3 is 19.5 Å². The Morgan fingerprint density at radius 3 is 2.22 bits per heavy atom. The number of para-hydroxylation sites is 2. The molecular weight excluding hydrogens is 581 g/mol. The monoisotopic (exact) mass is 620 g/mol. The van der Waals surface area contributed by atoms with Crippen LogP contribution in [0.15, 0.2) is 103 Å². The first-order valence-electron chi connectivity index (χ1n) is 15.5. The van der Waals surface area contributed by atoms with Crippen molar-refractivity contribution < 1.29 is 24.2 Å². The molecule has 6 rings (SSSR count). The van der Waals surface area contributed by atoms with E-state index >= 15 is 0 Å². The lowest BCUT2D eigenvalue weighted by atomic mass is 9.82. The lowest BCUT2D eigenvalue weighted by Gasteiger charge is -2.37. The lowest BCUT2D eigenvalue weighted by Crippen LogP contribution is -2.51. The van der Waals surface area contributed by atoms with E-state index in [4.69, 9.17) is 9.47 Å². The van der Waals surface area contributed by atoms with Crippen molar-refractivity contribution in [2.24, 2.45) is 5.92 Å². The fourth-order valence-corrected chi connectivity index (χ4v) is 11.7. The van der Waals surface area contributed by atoms with Crippen LogP contribution in [0.25, 0.3) is 0 Å². The second-order valence-electron chi connectivity index (χ2n) is 12.6. The van der Waals surface area contributed by atoms with Gasteiger partial charge in [0, 0.05) is 29.5 Å². The molecule has 4 atom stereocenters. The van der Waals surface area contributed by atoms with Crippen LogP contribution in [0.3, 0.4) is 0 Å². The van der Waals surface area contributed by atoms with Gasteiger partial charge in [0.05, 0.1) is 33.5 Å². The lowest BCUT2D eigenvalue weighted by molar-refractivity contribution is -0.146. The van der Waals surface area contributed by atoms with Crippen molar-refractivity contribution >= 4 is 42.6 Å². The number of aliphatic hydroxyl groups excluding tert-OH is 1. The summed E-state index contributed by atoms with van der Waals surface area (Å²) in [7, 11) is -0.564. The van der Waals surface area contributed by atoms with Crippen LogP contribution >= 0.6 is 0 Å². The zero-order chi connectivity index (χ0) is 31.8. The van der Waals surface area contributed by atoms with E-state index in [1.807, 2.05) is 95.9 Å². The van der Waals surface area contributed by atoms with E-state index in [9.17, 15) is 14.7 Å². The van der Waals surface area contributed by atoms with Gasteiger partial charge in [-0.15, -0.1) is 0 Å². The van der Waals surface area contributed by atoms with Gasteiger partial charge in [-0.3, -0.25) is 14.5 Å². The van der Waals surface area contributed by atoms with Crippen LogP contribution in [0.4, 0.5) is 17.1 Å². The molecular formula is C37H40N2O5Si. The van der Waals surface area contributed by atoms with Crippen molar-refractivity contribution in [3.05, 3.63) is 114 Å². The van der Waals surface area contributed by atoms with Gasteiger partial charge in [-0.25, -0.2) is 0 Å². The first kappa shape index (κ1) is 30.8. The average molecular weight is 621 g/mol. The summed E-state index contributed by atoms with van der Waals surface area (Å²) in [5.74, 6) is 0.625. The van der Waals surface area contributed by atoms with Crippen LogP contribution in [0.1, 0.15) is 24.5 Å². The molecule has 1 saturated heterocycles. The molecule has 0 saturated carbocycles. The Labute approximate surface area is 266 Å². The maximum absolute atomic E-state index is 14.7. The predicted octanol–water partition coefficient (Wildman–Crippen LogP) is 6.13. The predicted molar refractivity (Wildman–Crippen MR) is 180 cm³/mol. The molecule has 45 heavy (non-hydrogen) atoms. The van der Waals surface area contributed by atoms with E-state index in [0.717, 1.165) is 40.3 Å². The first-order chi connectivity index (χ1) is 21.8. The van der Waals surface area contributed by atoms with Gasteiger partial charge in [-0.2, -0.15) is 0 Å². The zero-order valence-corrected chi connectivity index (χ0v) is 27.2. The highest BCUT2D eigenvalue weighted by atomic mass is 28.3. The highest BCUT2D eigenvalue weighted by molar-refractivity contribution is 6.91. The number of aliphatic hydroxyl groups is 1. The third kappa shape index (κ3) is 5.16. The number of anilines is 3. The van der Waals surface area contributed by atoms with Gasteiger partial charge in [0.2, 0.25) is 6.41 Å². The molecule has 2 amide bonds. The van der Waals surface area contributed by atoms with Crippen molar-refractivity contribution in [1.29, 1.82) is 0 Å². The van der Waals surface area contributed by atoms with E-state index in [1.165, 1.54) is 5.19 Å². The normalized spacial score (nSPS) is 22.5. The maximum atomic E-state index is 14.7. The standard InChI is InChI=1S/C37H40N2O5Si/c1-26-35(45(3,4)31-20-18-30(43-2)19-21-31)34(22-23-40)44-37(26)32-12-8-9-13-33(32)38(36(37)42)24-27-14-16-29(17-15-27)39(25-41)28-10-6-5-7-11-28/h5-21,25-26,34-35,40H,22-24H2,1-4H3/t26-,34+,35-,37+/m1/s1. The molecule has 4 aromatic carbocycles. The summed E-state index contributed by atoms with van der Waals surface area (Å²) < 4.78 is 12.4. The Hall–Kier alpha value is -4.24. The van der Waals surface area contributed by atoms with Crippen LogP contribution in [-0.4, -0.2) is 45.3 Å². The van der Waals surface area contributed by atoms with Crippen molar-refractivity contribution in [2.75, 3.05) is 23.5 Å². The average Bonchev–Trinajstić information content (AvgIpc) is 3.49. The van der Waals surface area contributed by atoms with E-state index in [-0.39, 0.29) is 30.1 Å². The summed E-state index contributed by atoms with van der Waals surface area (Å²) in [4.78, 5) is 30.1. The summed E-state index contributed by atoms with van der Waals surface area (Å²) in [6.07, 6.45) is 1.01. The molecule has 0 bridgehead atoms. The molecule has 1 fully saturated rings. The molecule has 232 valence electrons. The number of hydrogen-bond donors (Lipinski definition) is 1. The Bertz CT molecular complexity index is 1660. The SMILES string of the molecule is COc1ccc([Si](C)(C)[C@H]2[C@H](CCO)O[C@@]3(C(=O)N(Cc4ccc(N(C=O)c5ccccc5)cc4)c4ccccc43)[C@@H]2C)cc1. The number of rotatable bonds is 10. The topological polar surface area (TPSA) is 79.3 Å². The van der Waals surface area contributed by atoms with E-state index in [0.29, 0.717) is 13.0 Å². The highest BCUT2D eigenvalue weighted by Crippen LogP contribution is 2.60. The molecule has 0 aromatic heterocycles. The summed E-state index contributed by atoms with van der Waals surface area (Å²) in [6, 6.07) is 33.5. The number of fused-ring (bicyclic) bond motifs is 2. The molecule has 4 aromatic rings. The second kappa shape index (κ2) is 12.3. The minimum Gasteiger partial charge on any atom is -0.497 e. The Balaban J connectivity index is 1.33. The fraction of sp³-hybridized carbons (Fsp3) is 0.297. The zero-order valence-electron chi connectivity index (χ0n) is 26.2. The number of amides is 2.